The number of benzene rings is 7. The van der Waals surface area contributed by atoms with Crippen molar-refractivity contribution in [3.05, 3.63) is 174 Å². The minimum Gasteiger partial charge on any atom is -0.454 e. The van der Waals surface area contributed by atoms with Gasteiger partial charge in [0.25, 0.3) is 0 Å². The lowest BCUT2D eigenvalue weighted by atomic mass is 9.80. The summed E-state index contributed by atoms with van der Waals surface area (Å²) in [6.07, 6.45) is 6.42. The Morgan fingerprint density at radius 1 is 0.700 bits per heavy atom. The van der Waals surface area contributed by atoms with E-state index < -0.39 is 0 Å². The molecule has 2 atom stereocenters. The van der Waals surface area contributed by atoms with Crippen LogP contribution < -0.4 is 5.73 Å². The molecule has 7 aromatic carbocycles. The van der Waals surface area contributed by atoms with Gasteiger partial charge in [0.1, 0.15) is 5.58 Å². The van der Waals surface area contributed by atoms with Crippen molar-refractivity contribution in [1.29, 1.82) is 0 Å². The standard InChI is InChI=1S/C47H36N2O/c1-29-22-24-40(48)39(26-29)38(31-13-3-2-4-14-31)28-30-12-11-16-33(27-30)49-41-25-23-32-15-5-6-17-34(32)44(41)45-36-19-8-7-18-35(36)43-37-20-9-10-21-42(37)50-47(43)46(45)49/h2-21,23-27,29,38H,22,28,48H2,1H3/t29?,38-/m0/s1. The van der Waals surface area contributed by atoms with Crippen LogP contribution in [0.25, 0.3) is 71.0 Å². The SMILES string of the molecule is CC1C=C([C@@H](Cc2cccc(-n3c4ccc5ccccc5c4c4c5ccccc5c5c6ccccc6oc5c43)c2)c2ccccc2)C(N)=CC1. The van der Waals surface area contributed by atoms with Crippen molar-refractivity contribution in [3.8, 4) is 5.69 Å². The number of para-hydroxylation sites is 1. The van der Waals surface area contributed by atoms with E-state index in [0.717, 1.165) is 51.7 Å². The maximum atomic E-state index is 6.88. The lowest BCUT2D eigenvalue weighted by molar-refractivity contribution is 0.671. The second kappa shape index (κ2) is 11.2. The molecule has 0 radical (unpaired) electrons. The Kier molecular flexibility index (Phi) is 6.50. The first-order chi connectivity index (χ1) is 24.6. The number of rotatable bonds is 5. The quantitative estimate of drug-likeness (QED) is 0.203. The van der Waals surface area contributed by atoms with E-state index in [1.165, 1.54) is 54.5 Å². The van der Waals surface area contributed by atoms with Crippen LogP contribution >= 0.6 is 0 Å². The number of nitrogens with zero attached hydrogens (tertiary/aromatic N) is 1. The van der Waals surface area contributed by atoms with E-state index >= 15 is 0 Å². The maximum absolute atomic E-state index is 6.88. The van der Waals surface area contributed by atoms with Gasteiger partial charge in [-0.15, -0.1) is 0 Å². The minimum absolute atomic E-state index is 0.151. The minimum atomic E-state index is 0.151. The molecule has 240 valence electrons. The zero-order valence-electron chi connectivity index (χ0n) is 27.9. The van der Waals surface area contributed by atoms with Crippen molar-refractivity contribution in [2.45, 2.75) is 25.7 Å². The summed E-state index contributed by atoms with van der Waals surface area (Å²) < 4.78 is 9.33. The van der Waals surface area contributed by atoms with Gasteiger partial charge in [-0.2, -0.15) is 0 Å². The van der Waals surface area contributed by atoms with Crippen molar-refractivity contribution >= 4 is 65.3 Å². The number of nitrogens with two attached hydrogens (primary N) is 1. The van der Waals surface area contributed by atoms with E-state index in [-0.39, 0.29) is 5.92 Å². The van der Waals surface area contributed by atoms with Crippen LogP contribution in [0, 0.1) is 5.92 Å². The molecule has 0 bridgehead atoms. The number of fused-ring (bicyclic) bond motifs is 12. The van der Waals surface area contributed by atoms with Gasteiger partial charge in [-0.1, -0.05) is 134 Å². The Balaban J connectivity index is 1.28. The second-order valence-electron chi connectivity index (χ2n) is 13.9. The fourth-order valence-electron chi connectivity index (χ4n) is 8.57. The Morgan fingerprint density at radius 3 is 2.26 bits per heavy atom. The summed E-state index contributed by atoms with van der Waals surface area (Å²) in [5, 5.41) is 9.72. The van der Waals surface area contributed by atoms with E-state index in [1.807, 2.05) is 0 Å². The molecule has 1 unspecified atom stereocenters. The zero-order valence-corrected chi connectivity index (χ0v) is 27.9. The van der Waals surface area contributed by atoms with Crippen LogP contribution in [0.15, 0.2) is 167 Å². The summed E-state index contributed by atoms with van der Waals surface area (Å²) in [7, 11) is 0. The predicted molar refractivity (Wildman–Crippen MR) is 210 cm³/mol. The van der Waals surface area contributed by atoms with Gasteiger partial charge >= 0.3 is 0 Å². The number of allylic oxidation sites excluding steroid dienone is 3. The van der Waals surface area contributed by atoms with Crippen molar-refractivity contribution in [1.82, 2.24) is 4.57 Å². The summed E-state index contributed by atoms with van der Waals surface area (Å²) in [6.45, 7) is 2.28. The first kappa shape index (κ1) is 28.9. The highest BCUT2D eigenvalue weighted by molar-refractivity contribution is 6.37. The third-order valence-corrected chi connectivity index (χ3v) is 10.8. The molecule has 2 aromatic heterocycles. The van der Waals surface area contributed by atoms with Crippen LogP contribution in [-0.2, 0) is 6.42 Å². The number of aromatic nitrogens is 1. The first-order valence-corrected chi connectivity index (χ1v) is 17.6. The van der Waals surface area contributed by atoms with Gasteiger partial charge < -0.3 is 14.7 Å². The summed E-state index contributed by atoms with van der Waals surface area (Å²) in [5.41, 5.74) is 16.6. The number of hydrogen-bond acceptors (Lipinski definition) is 2. The smallest absolute Gasteiger partial charge is 0.160 e. The molecule has 1 aliphatic rings. The first-order valence-electron chi connectivity index (χ1n) is 17.6. The molecule has 2 heterocycles. The largest absolute Gasteiger partial charge is 0.454 e. The van der Waals surface area contributed by atoms with Gasteiger partial charge in [-0.3, -0.25) is 0 Å². The highest BCUT2D eigenvalue weighted by atomic mass is 16.3. The van der Waals surface area contributed by atoms with E-state index in [9.17, 15) is 0 Å². The lowest BCUT2D eigenvalue weighted by Crippen LogP contribution is -2.17. The molecule has 0 aliphatic heterocycles. The Bertz CT molecular complexity index is 2850. The second-order valence-corrected chi connectivity index (χ2v) is 13.9. The topological polar surface area (TPSA) is 44.1 Å². The van der Waals surface area contributed by atoms with Crippen LogP contribution in [0.5, 0.6) is 0 Å². The summed E-state index contributed by atoms with van der Waals surface area (Å²) in [5.74, 6) is 0.613. The fraction of sp³-hybridized carbons (Fsp3) is 0.106. The maximum Gasteiger partial charge on any atom is 0.160 e. The van der Waals surface area contributed by atoms with Gasteiger partial charge in [-0.25, -0.2) is 0 Å². The van der Waals surface area contributed by atoms with E-state index in [0.29, 0.717) is 5.92 Å². The molecule has 0 saturated heterocycles. The Morgan fingerprint density at radius 2 is 1.42 bits per heavy atom. The molecular formula is C47H36N2O. The Labute approximate surface area is 290 Å². The average Bonchev–Trinajstić information content (AvgIpc) is 3.73. The summed E-state index contributed by atoms with van der Waals surface area (Å²) in [6, 6.07) is 50.5. The predicted octanol–water partition coefficient (Wildman–Crippen LogP) is 12.1. The highest BCUT2D eigenvalue weighted by Crippen LogP contribution is 2.47. The molecule has 3 nitrogen and oxygen atoms in total. The summed E-state index contributed by atoms with van der Waals surface area (Å²) in [4.78, 5) is 0. The Hall–Kier alpha value is -6.06. The van der Waals surface area contributed by atoms with Gasteiger partial charge in [0, 0.05) is 38.8 Å². The van der Waals surface area contributed by atoms with Gasteiger partial charge in [-0.05, 0) is 81.3 Å². The van der Waals surface area contributed by atoms with Gasteiger partial charge in [0.2, 0.25) is 0 Å². The van der Waals surface area contributed by atoms with E-state index in [4.69, 9.17) is 10.2 Å². The molecule has 1 aliphatic carbocycles. The van der Waals surface area contributed by atoms with Crippen LogP contribution in [0.1, 0.15) is 30.4 Å². The van der Waals surface area contributed by atoms with E-state index in [2.05, 4.69) is 163 Å². The fourth-order valence-corrected chi connectivity index (χ4v) is 8.57. The van der Waals surface area contributed by atoms with Crippen molar-refractivity contribution in [2.24, 2.45) is 11.7 Å². The van der Waals surface area contributed by atoms with Crippen LogP contribution in [0.3, 0.4) is 0 Å². The monoisotopic (exact) mass is 644 g/mol. The summed E-state index contributed by atoms with van der Waals surface area (Å²) >= 11 is 0. The van der Waals surface area contributed by atoms with Crippen LogP contribution in [-0.4, -0.2) is 4.57 Å². The van der Waals surface area contributed by atoms with Crippen LogP contribution in [0.2, 0.25) is 0 Å². The van der Waals surface area contributed by atoms with E-state index in [1.54, 1.807) is 0 Å². The van der Waals surface area contributed by atoms with Crippen molar-refractivity contribution in [3.63, 3.8) is 0 Å². The molecule has 50 heavy (non-hydrogen) atoms. The third kappa shape index (κ3) is 4.36. The van der Waals surface area contributed by atoms with Gasteiger partial charge in [0.15, 0.2) is 5.58 Å². The molecule has 0 spiro atoms. The van der Waals surface area contributed by atoms with Gasteiger partial charge in [0.05, 0.1) is 11.0 Å². The van der Waals surface area contributed by atoms with Crippen molar-refractivity contribution in [2.75, 3.05) is 0 Å². The molecule has 0 fully saturated rings. The zero-order chi connectivity index (χ0) is 33.3. The van der Waals surface area contributed by atoms with Crippen LogP contribution in [0.4, 0.5) is 0 Å². The third-order valence-electron chi connectivity index (χ3n) is 10.8. The number of furan rings is 1. The molecule has 3 heteroatoms. The highest BCUT2D eigenvalue weighted by Gasteiger charge is 2.26. The molecule has 2 N–H and O–H groups in total. The molecule has 10 rings (SSSR count). The molecular weight excluding hydrogens is 609 g/mol. The number of hydrogen-bond donors (Lipinski definition) is 1. The molecule has 9 aromatic rings. The van der Waals surface area contributed by atoms with Crippen molar-refractivity contribution < 1.29 is 4.42 Å². The average molecular weight is 645 g/mol. The lowest BCUT2D eigenvalue weighted by Gasteiger charge is -2.26. The molecule has 0 amide bonds. The normalized spacial score (nSPS) is 15.7. The molecule has 0 saturated carbocycles.